The van der Waals surface area contributed by atoms with Crippen LogP contribution in [0.25, 0.3) is 0 Å². The Morgan fingerprint density at radius 3 is 2.83 bits per heavy atom. The summed E-state index contributed by atoms with van der Waals surface area (Å²) >= 11 is 3.36. The third-order valence-electron chi connectivity index (χ3n) is 1.48. The van der Waals surface area contributed by atoms with E-state index < -0.39 is 0 Å². The van der Waals surface area contributed by atoms with E-state index in [0.29, 0.717) is 5.88 Å². The summed E-state index contributed by atoms with van der Waals surface area (Å²) in [5, 5.41) is 0.979. The quantitative estimate of drug-likeness (QED) is 0.741. The van der Waals surface area contributed by atoms with E-state index in [1.165, 1.54) is 0 Å². The Morgan fingerprint density at radius 1 is 1.42 bits per heavy atom. The molecule has 0 unspecified atom stereocenters. The van der Waals surface area contributed by atoms with Gasteiger partial charge in [-0.2, -0.15) is 0 Å². The van der Waals surface area contributed by atoms with Crippen LogP contribution in [0.1, 0.15) is 12.1 Å². The van der Waals surface area contributed by atoms with E-state index in [9.17, 15) is 0 Å². The van der Waals surface area contributed by atoms with Crippen LogP contribution in [0.5, 0.6) is 5.88 Å². The minimum Gasteiger partial charge on any atom is -0.480 e. The molecule has 0 aliphatic carbocycles. The molecule has 0 bridgehead atoms. The summed E-state index contributed by atoms with van der Waals surface area (Å²) in [6.45, 7) is 0. The molecule has 0 aliphatic rings. The largest absolute Gasteiger partial charge is 0.480 e. The lowest BCUT2D eigenvalue weighted by Crippen LogP contribution is -1.98. The van der Waals surface area contributed by atoms with Gasteiger partial charge in [-0.05, 0) is 12.8 Å². The molecule has 4 heteroatoms. The van der Waals surface area contributed by atoms with Gasteiger partial charge < -0.3 is 4.74 Å². The van der Waals surface area contributed by atoms with Crippen LogP contribution in [-0.2, 0) is 6.42 Å². The minimum atomic E-state index is 0.637. The Labute approximate surface area is 80.3 Å². The van der Waals surface area contributed by atoms with Crippen LogP contribution in [0.3, 0.4) is 0 Å². The summed E-state index contributed by atoms with van der Waals surface area (Å²) < 4.78 is 5.05. The summed E-state index contributed by atoms with van der Waals surface area (Å²) in [5.41, 5.74) is 0.930. The van der Waals surface area contributed by atoms with Gasteiger partial charge in [-0.3, -0.25) is 4.98 Å². The van der Waals surface area contributed by atoms with E-state index in [4.69, 9.17) is 4.74 Å². The predicted octanol–water partition coefficient (Wildman–Crippen LogP) is 1.81. The summed E-state index contributed by atoms with van der Waals surface area (Å²) in [7, 11) is 1.61. The second-order valence-corrected chi connectivity index (χ2v) is 3.10. The first kappa shape index (κ1) is 9.45. The molecule has 1 aromatic heterocycles. The molecule has 0 amide bonds. The topological polar surface area (TPSA) is 35.0 Å². The first-order chi connectivity index (χ1) is 5.88. The summed E-state index contributed by atoms with van der Waals surface area (Å²) in [4.78, 5) is 8.23. The molecule has 3 nitrogen and oxygen atoms in total. The van der Waals surface area contributed by atoms with Crippen LogP contribution in [-0.4, -0.2) is 22.4 Å². The van der Waals surface area contributed by atoms with Gasteiger partial charge in [0.25, 0.3) is 0 Å². The highest BCUT2D eigenvalue weighted by molar-refractivity contribution is 9.09. The average Bonchev–Trinajstić information content (AvgIpc) is 2.15. The van der Waals surface area contributed by atoms with Crippen molar-refractivity contribution in [2.24, 2.45) is 0 Å². The molecule has 0 fully saturated rings. The summed E-state index contributed by atoms with van der Waals surface area (Å²) in [6, 6.07) is 0. The molecule has 0 N–H and O–H groups in total. The first-order valence-corrected chi connectivity index (χ1v) is 4.90. The fourth-order valence-electron chi connectivity index (χ4n) is 0.930. The lowest BCUT2D eigenvalue weighted by atomic mass is 10.2. The number of hydrogen-bond acceptors (Lipinski definition) is 3. The fourth-order valence-corrected chi connectivity index (χ4v) is 1.21. The fraction of sp³-hybridized carbons (Fsp3) is 0.500. The highest BCUT2D eigenvalue weighted by atomic mass is 79.9. The standard InChI is InChI=1S/C8H11BrN2O/c1-12-8-7(3-2-4-9)10-5-6-11-8/h5-6H,2-4H2,1H3. The van der Waals surface area contributed by atoms with Gasteiger partial charge in [0.2, 0.25) is 5.88 Å². The van der Waals surface area contributed by atoms with Crippen LogP contribution in [0.4, 0.5) is 0 Å². The number of ether oxygens (including phenoxy) is 1. The zero-order valence-electron chi connectivity index (χ0n) is 6.96. The van der Waals surface area contributed by atoms with Crippen LogP contribution in [0, 0.1) is 0 Å². The molecule has 1 aromatic rings. The lowest BCUT2D eigenvalue weighted by molar-refractivity contribution is 0.389. The molecule has 0 radical (unpaired) electrons. The number of aromatic nitrogens is 2. The van der Waals surface area contributed by atoms with Crippen molar-refractivity contribution in [3.63, 3.8) is 0 Å². The Kier molecular flexibility index (Phi) is 4.00. The molecule has 0 atom stereocenters. The predicted molar refractivity (Wildman–Crippen MR) is 50.7 cm³/mol. The van der Waals surface area contributed by atoms with Crippen molar-refractivity contribution >= 4 is 15.9 Å². The van der Waals surface area contributed by atoms with E-state index in [0.717, 1.165) is 23.9 Å². The van der Waals surface area contributed by atoms with Crippen LogP contribution >= 0.6 is 15.9 Å². The van der Waals surface area contributed by atoms with Crippen molar-refractivity contribution in [3.8, 4) is 5.88 Å². The monoisotopic (exact) mass is 230 g/mol. The highest BCUT2D eigenvalue weighted by Gasteiger charge is 2.02. The van der Waals surface area contributed by atoms with Gasteiger partial charge in [0.05, 0.1) is 7.11 Å². The minimum absolute atomic E-state index is 0.637. The van der Waals surface area contributed by atoms with Crippen molar-refractivity contribution in [1.82, 2.24) is 9.97 Å². The van der Waals surface area contributed by atoms with Crippen molar-refractivity contribution in [1.29, 1.82) is 0 Å². The molecule has 0 aliphatic heterocycles. The molecule has 0 saturated heterocycles. The lowest BCUT2D eigenvalue weighted by Gasteiger charge is -2.03. The van der Waals surface area contributed by atoms with E-state index in [2.05, 4.69) is 25.9 Å². The van der Waals surface area contributed by atoms with Crippen molar-refractivity contribution in [2.75, 3.05) is 12.4 Å². The van der Waals surface area contributed by atoms with Gasteiger partial charge in [0, 0.05) is 17.7 Å². The Bertz CT molecular complexity index is 242. The number of aryl methyl sites for hydroxylation is 1. The van der Waals surface area contributed by atoms with Crippen LogP contribution < -0.4 is 4.74 Å². The highest BCUT2D eigenvalue weighted by Crippen LogP contribution is 2.12. The van der Waals surface area contributed by atoms with Crippen LogP contribution in [0.15, 0.2) is 12.4 Å². The Morgan fingerprint density at radius 2 is 2.17 bits per heavy atom. The van der Waals surface area contributed by atoms with Crippen molar-refractivity contribution < 1.29 is 4.74 Å². The first-order valence-electron chi connectivity index (χ1n) is 3.78. The van der Waals surface area contributed by atoms with Gasteiger partial charge in [-0.25, -0.2) is 4.98 Å². The third kappa shape index (κ3) is 2.44. The third-order valence-corrected chi connectivity index (χ3v) is 2.04. The number of hydrogen-bond donors (Lipinski definition) is 0. The number of nitrogens with zero attached hydrogens (tertiary/aromatic N) is 2. The van der Waals surface area contributed by atoms with Crippen LogP contribution in [0.2, 0.25) is 0 Å². The summed E-state index contributed by atoms with van der Waals surface area (Å²) in [6.07, 6.45) is 5.28. The van der Waals surface area contributed by atoms with E-state index in [-0.39, 0.29) is 0 Å². The SMILES string of the molecule is COc1nccnc1CCCBr. The number of alkyl halides is 1. The van der Waals surface area contributed by atoms with Gasteiger partial charge in [-0.15, -0.1) is 0 Å². The van der Waals surface area contributed by atoms with Crippen molar-refractivity contribution in [3.05, 3.63) is 18.1 Å². The number of methoxy groups -OCH3 is 1. The molecule has 1 heterocycles. The van der Waals surface area contributed by atoms with E-state index in [1.807, 2.05) is 0 Å². The normalized spacial score (nSPS) is 9.83. The maximum Gasteiger partial charge on any atom is 0.235 e. The Hall–Kier alpha value is -0.640. The molecule has 66 valence electrons. The number of rotatable bonds is 4. The molecule has 1 rings (SSSR count). The van der Waals surface area contributed by atoms with E-state index >= 15 is 0 Å². The molecule has 0 saturated carbocycles. The van der Waals surface area contributed by atoms with Gasteiger partial charge in [0.1, 0.15) is 5.69 Å². The summed E-state index contributed by atoms with van der Waals surface area (Å²) in [5.74, 6) is 0.637. The maximum absolute atomic E-state index is 5.05. The molecule has 0 spiro atoms. The second kappa shape index (κ2) is 5.09. The molecular formula is C8H11BrN2O. The van der Waals surface area contributed by atoms with Gasteiger partial charge in [0.15, 0.2) is 0 Å². The molecular weight excluding hydrogens is 220 g/mol. The molecule has 12 heavy (non-hydrogen) atoms. The van der Waals surface area contributed by atoms with Gasteiger partial charge in [-0.1, -0.05) is 15.9 Å². The zero-order chi connectivity index (χ0) is 8.81. The van der Waals surface area contributed by atoms with Crippen molar-refractivity contribution in [2.45, 2.75) is 12.8 Å². The van der Waals surface area contributed by atoms with Gasteiger partial charge >= 0.3 is 0 Å². The number of halogens is 1. The average molecular weight is 231 g/mol. The Balaban J connectivity index is 2.68. The second-order valence-electron chi connectivity index (χ2n) is 2.30. The smallest absolute Gasteiger partial charge is 0.235 e. The molecule has 0 aromatic carbocycles. The zero-order valence-corrected chi connectivity index (χ0v) is 8.54. The maximum atomic E-state index is 5.05. The van der Waals surface area contributed by atoms with E-state index in [1.54, 1.807) is 19.5 Å².